The topological polar surface area (TPSA) is 29.3 Å². The van der Waals surface area contributed by atoms with Crippen LogP contribution in [0.5, 0.6) is 0 Å². The van der Waals surface area contributed by atoms with Crippen LogP contribution in [0.1, 0.15) is 37.2 Å². The summed E-state index contributed by atoms with van der Waals surface area (Å²) in [5, 5.41) is 0. The second-order valence-electron chi connectivity index (χ2n) is 6.83. The van der Waals surface area contributed by atoms with Gasteiger partial charge < -0.3 is 10.6 Å². The molecule has 0 aromatic heterocycles. The van der Waals surface area contributed by atoms with Crippen molar-refractivity contribution in [3.63, 3.8) is 0 Å². The molecule has 1 aliphatic carbocycles. The molecule has 1 fully saturated rings. The van der Waals surface area contributed by atoms with Gasteiger partial charge in [-0.25, -0.2) is 0 Å². The molecule has 0 bridgehead atoms. The Morgan fingerprint density at radius 2 is 1.32 bits per heavy atom. The average molecular weight is 348 g/mol. The summed E-state index contributed by atoms with van der Waals surface area (Å²) in [6.45, 7) is 0. The zero-order chi connectivity index (χ0) is 18.0. The first-order valence-electron chi connectivity index (χ1n) is 8.60. The first kappa shape index (κ1) is 17.6. The summed E-state index contributed by atoms with van der Waals surface area (Å²) in [6.07, 6.45) is -2.35. The van der Waals surface area contributed by atoms with Gasteiger partial charge in [-0.2, -0.15) is 13.2 Å². The van der Waals surface area contributed by atoms with E-state index >= 15 is 0 Å². The molecule has 2 aromatic rings. The Kier molecular flexibility index (Phi) is 4.93. The summed E-state index contributed by atoms with van der Waals surface area (Å²) in [7, 11) is 1.98. The van der Waals surface area contributed by atoms with E-state index < -0.39 is 12.1 Å². The quantitative estimate of drug-likeness (QED) is 0.703. The van der Waals surface area contributed by atoms with E-state index in [1.165, 1.54) is 0 Å². The van der Waals surface area contributed by atoms with Crippen LogP contribution in [0.25, 0.3) is 0 Å². The Labute approximate surface area is 146 Å². The lowest BCUT2D eigenvalue weighted by atomic mass is 9.78. The van der Waals surface area contributed by atoms with E-state index in [-0.39, 0.29) is 18.8 Å². The van der Waals surface area contributed by atoms with Crippen LogP contribution < -0.4 is 10.6 Å². The highest BCUT2D eigenvalue weighted by molar-refractivity contribution is 5.64. The van der Waals surface area contributed by atoms with Gasteiger partial charge in [-0.1, -0.05) is 12.1 Å². The summed E-state index contributed by atoms with van der Waals surface area (Å²) < 4.78 is 38.4. The molecule has 0 amide bonds. The van der Waals surface area contributed by atoms with Gasteiger partial charge in [0.05, 0.1) is 5.92 Å². The molecule has 0 heterocycles. The minimum atomic E-state index is -4.05. The van der Waals surface area contributed by atoms with Gasteiger partial charge in [0.25, 0.3) is 0 Å². The minimum absolute atomic E-state index is 0.231. The lowest BCUT2D eigenvalue weighted by molar-refractivity contribution is -0.182. The molecule has 0 aliphatic heterocycles. The zero-order valence-corrected chi connectivity index (χ0v) is 14.3. The van der Waals surface area contributed by atoms with Crippen LogP contribution in [0.4, 0.5) is 30.2 Å². The summed E-state index contributed by atoms with van der Waals surface area (Å²) in [4.78, 5) is 2.06. The van der Waals surface area contributed by atoms with Crippen molar-refractivity contribution in [2.45, 2.75) is 37.8 Å². The number of nitrogen functional groups attached to an aromatic ring is 1. The van der Waals surface area contributed by atoms with E-state index in [0.717, 1.165) is 22.6 Å². The predicted molar refractivity (Wildman–Crippen MR) is 96.1 cm³/mol. The first-order valence-corrected chi connectivity index (χ1v) is 8.60. The molecule has 0 radical (unpaired) electrons. The Bertz CT molecular complexity index is 684. The average Bonchev–Trinajstić information content (AvgIpc) is 2.61. The van der Waals surface area contributed by atoms with E-state index in [0.29, 0.717) is 12.8 Å². The highest BCUT2D eigenvalue weighted by Crippen LogP contribution is 2.43. The number of hydrogen-bond acceptors (Lipinski definition) is 2. The molecular formula is C20H23F3N2. The van der Waals surface area contributed by atoms with Crippen molar-refractivity contribution in [2.24, 2.45) is 5.92 Å². The lowest BCUT2D eigenvalue weighted by Crippen LogP contribution is -2.27. The van der Waals surface area contributed by atoms with Crippen molar-refractivity contribution in [3.05, 3.63) is 54.1 Å². The van der Waals surface area contributed by atoms with Crippen molar-refractivity contribution >= 4 is 17.1 Å². The second kappa shape index (κ2) is 6.98. The SMILES string of the molecule is CN(c1ccc(N)cc1)c1ccc(C2CCC(C(F)(F)F)CC2)cc1. The maximum absolute atomic E-state index is 12.8. The van der Waals surface area contributed by atoms with Crippen molar-refractivity contribution in [1.82, 2.24) is 0 Å². The van der Waals surface area contributed by atoms with Crippen molar-refractivity contribution in [1.29, 1.82) is 0 Å². The Morgan fingerprint density at radius 1 is 0.840 bits per heavy atom. The molecule has 0 spiro atoms. The molecule has 2 nitrogen and oxygen atoms in total. The van der Waals surface area contributed by atoms with Crippen LogP contribution in [0.15, 0.2) is 48.5 Å². The fraction of sp³-hybridized carbons (Fsp3) is 0.400. The summed E-state index contributed by atoms with van der Waals surface area (Å²) >= 11 is 0. The van der Waals surface area contributed by atoms with Crippen molar-refractivity contribution in [2.75, 3.05) is 17.7 Å². The molecule has 0 saturated heterocycles. The van der Waals surface area contributed by atoms with Crippen LogP contribution in [-0.4, -0.2) is 13.2 Å². The molecule has 2 N–H and O–H groups in total. The molecule has 1 aliphatic rings. The summed E-state index contributed by atoms with van der Waals surface area (Å²) in [6, 6.07) is 15.8. The highest BCUT2D eigenvalue weighted by atomic mass is 19.4. The third-order valence-corrected chi connectivity index (χ3v) is 5.22. The third kappa shape index (κ3) is 4.09. The van der Waals surface area contributed by atoms with Crippen LogP contribution >= 0.6 is 0 Å². The molecule has 0 unspecified atom stereocenters. The number of hydrogen-bond donors (Lipinski definition) is 1. The van der Waals surface area contributed by atoms with Gasteiger partial charge in [0.15, 0.2) is 0 Å². The normalized spacial score (nSPS) is 21.1. The first-order chi connectivity index (χ1) is 11.8. The minimum Gasteiger partial charge on any atom is -0.399 e. The van der Waals surface area contributed by atoms with Gasteiger partial charge >= 0.3 is 6.18 Å². The van der Waals surface area contributed by atoms with Gasteiger partial charge in [-0.05, 0) is 73.6 Å². The smallest absolute Gasteiger partial charge is 0.391 e. The van der Waals surface area contributed by atoms with Crippen LogP contribution in [0.3, 0.4) is 0 Å². The fourth-order valence-electron chi connectivity index (χ4n) is 3.57. The lowest BCUT2D eigenvalue weighted by Gasteiger charge is -2.30. The van der Waals surface area contributed by atoms with E-state index in [9.17, 15) is 13.2 Å². The molecule has 0 atom stereocenters. The number of nitrogens with zero attached hydrogens (tertiary/aromatic N) is 1. The highest BCUT2D eigenvalue weighted by Gasteiger charge is 2.41. The molecule has 5 heteroatoms. The van der Waals surface area contributed by atoms with E-state index in [2.05, 4.69) is 4.90 Å². The van der Waals surface area contributed by atoms with Gasteiger partial charge in [0.1, 0.15) is 0 Å². The maximum atomic E-state index is 12.8. The van der Waals surface area contributed by atoms with Gasteiger partial charge in [-0.15, -0.1) is 0 Å². The monoisotopic (exact) mass is 348 g/mol. The van der Waals surface area contributed by atoms with Crippen molar-refractivity contribution < 1.29 is 13.2 Å². The largest absolute Gasteiger partial charge is 0.399 e. The number of anilines is 3. The van der Waals surface area contributed by atoms with Crippen LogP contribution in [0.2, 0.25) is 0 Å². The molecule has 25 heavy (non-hydrogen) atoms. The third-order valence-electron chi connectivity index (χ3n) is 5.22. The Morgan fingerprint density at radius 3 is 1.80 bits per heavy atom. The fourth-order valence-corrected chi connectivity index (χ4v) is 3.57. The zero-order valence-electron chi connectivity index (χ0n) is 14.3. The van der Waals surface area contributed by atoms with Gasteiger partial charge in [0.2, 0.25) is 0 Å². The molecule has 134 valence electrons. The predicted octanol–water partition coefficient (Wildman–Crippen LogP) is 5.87. The number of halogens is 3. The number of nitrogens with two attached hydrogens (primary N) is 1. The molecule has 1 saturated carbocycles. The van der Waals surface area contributed by atoms with Gasteiger partial charge in [-0.3, -0.25) is 0 Å². The number of alkyl halides is 3. The molecule has 2 aromatic carbocycles. The van der Waals surface area contributed by atoms with Gasteiger partial charge in [0, 0.05) is 24.1 Å². The molecule has 3 rings (SSSR count). The van der Waals surface area contributed by atoms with E-state index in [1.807, 2.05) is 55.6 Å². The summed E-state index contributed by atoms with van der Waals surface area (Å²) in [5.74, 6) is -0.894. The standard InChI is InChI=1S/C20H23F3N2/c1-25(19-12-8-17(24)9-13-19)18-10-4-15(5-11-18)14-2-6-16(7-3-14)20(21,22)23/h4-5,8-14,16H,2-3,6-7,24H2,1H3. The van der Waals surface area contributed by atoms with Crippen LogP contribution in [-0.2, 0) is 0 Å². The van der Waals surface area contributed by atoms with Crippen LogP contribution in [0, 0.1) is 5.92 Å². The van der Waals surface area contributed by atoms with Crippen molar-refractivity contribution in [3.8, 4) is 0 Å². The van der Waals surface area contributed by atoms with E-state index in [4.69, 9.17) is 5.73 Å². The number of benzene rings is 2. The Balaban J connectivity index is 1.66. The Hall–Kier alpha value is -2.17. The second-order valence-corrected chi connectivity index (χ2v) is 6.83. The molecular weight excluding hydrogens is 325 g/mol. The van der Waals surface area contributed by atoms with E-state index in [1.54, 1.807) is 0 Å². The number of rotatable bonds is 3. The maximum Gasteiger partial charge on any atom is 0.391 e. The summed E-state index contributed by atoms with van der Waals surface area (Å²) in [5.41, 5.74) is 9.65.